The summed E-state index contributed by atoms with van der Waals surface area (Å²) in [4.78, 5) is 13.8. The predicted molar refractivity (Wildman–Crippen MR) is 80.4 cm³/mol. The maximum Gasteiger partial charge on any atom is 0.417 e. The van der Waals surface area contributed by atoms with Crippen molar-refractivity contribution in [1.29, 1.82) is 0 Å². The molecule has 0 atom stereocenters. The van der Waals surface area contributed by atoms with Gasteiger partial charge in [-0.15, -0.1) is 0 Å². The molecule has 0 aliphatic rings. The van der Waals surface area contributed by atoms with Gasteiger partial charge in [-0.05, 0) is 37.1 Å². The van der Waals surface area contributed by atoms with Gasteiger partial charge in [-0.25, -0.2) is 4.79 Å². The van der Waals surface area contributed by atoms with E-state index in [1.54, 1.807) is 12.1 Å². The number of hydrogen-bond donors (Lipinski definition) is 3. The van der Waals surface area contributed by atoms with Gasteiger partial charge < -0.3 is 15.5 Å². The second-order valence-corrected chi connectivity index (χ2v) is 4.82. The van der Waals surface area contributed by atoms with Crippen molar-refractivity contribution in [2.24, 2.45) is 0 Å². The van der Waals surface area contributed by atoms with Crippen molar-refractivity contribution >= 4 is 28.2 Å². The van der Waals surface area contributed by atoms with Gasteiger partial charge in [-0.2, -0.15) is 0 Å². The summed E-state index contributed by atoms with van der Waals surface area (Å²) >= 11 is 0. The van der Waals surface area contributed by atoms with Crippen LogP contribution in [0.2, 0.25) is 0 Å². The van der Waals surface area contributed by atoms with Gasteiger partial charge in [0.15, 0.2) is 5.58 Å². The first-order chi connectivity index (χ1) is 9.54. The topological polar surface area (TPSA) is 84.0 Å². The SMILES string of the molecule is Cc1cccc(Nc2cc3[nH]c(=O)oc3cc2N)c1C. The molecule has 0 aliphatic heterocycles. The molecule has 5 nitrogen and oxygen atoms in total. The molecule has 2 aromatic carbocycles. The summed E-state index contributed by atoms with van der Waals surface area (Å²) in [5, 5.41) is 3.29. The average Bonchev–Trinajstić information content (AvgIpc) is 2.74. The van der Waals surface area contributed by atoms with Crippen molar-refractivity contribution < 1.29 is 4.42 Å². The number of oxazole rings is 1. The van der Waals surface area contributed by atoms with E-state index in [1.807, 2.05) is 19.1 Å². The van der Waals surface area contributed by atoms with E-state index >= 15 is 0 Å². The third kappa shape index (κ3) is 2.03. The molecule has 0 aliphatic carbocycles. The number of aromatic nitrogens is 1. The normalized spacial score (nSPS) is 10.9. The molecular weight excluding hydrogens is 254 g/mol. The first-order valence-electron chi connectivity index (χ1n) is 6.30. The first kappa shape index (κ1) is 12.3. The quantitative estimate of drug-likeness (QED) is 0.624. The number of benzene rings is 2. The van der Waals surface area contributed by atoms with Crippen LogP contribution >= 0.6 is 0 Å². The summed E-state index contributed by atoms with van der Waals surface area (Å²) in [6.45, 7) is 4.10. The van der Waals surface area contributed by atoms with Crippen LogP contribution in [-0.2, 0) is 0 Å². The number of rotatable bonds is 2. The molecule has 0 fully saturated rings. The van der Waals surface area contributed by atoms with Crippen molar-refractivity contribution in [3.63, 3.8) is 0 Å². The highest BCUT2D eigenvalue weighted by molar-refractivity contribution is 5.87. The number of anilines is 3. The molecule has 0 saturated heterocycles. The average molecular weight is 269 g/mol. The van der Waals surface area contributed by atoms with E-state index in [4.69, 9.17) is 10.2 Å². The third-order valence-corrected chi connectivity index (χ3v) is 3.47. The Morgan fingerprint density at radius 1 is 1.20 bits per heavy atom. The third-order valence-electron chi connectivity index (χ3n) is 3.47. The Kier molecular flexibility index (Phi) is 2.75. The fraction of sp³-hybridized carbons (Fsp3) is 0.133. The molecule has 0 spiro atoms. The van der Waals surface area contributed by atoms with Crippen LogP contribution in [-0.4, -0.2) is 4.98 Å². The monoisotopic (exact) mass is 269 g/mol. The van der Waals surface area contributed by atoms with E-state index < -0.39 is 5.76 Å². The molecule has 0 amide bonds. The molecule has 1 heterocycles. The van der Waals surface area contributed by atoms with Gasteiger partial charge in [0.25, 0.3) is 0 Å². The Bertz CT molecular complexity index is 846. The van der Waals surface area contributed by atoms with Crippen molar-refractivity contribution in [2.75, 3.05) is 11.1 Å². The minimum Gasteiger partial charge on any atom is -0.408 e. The summed E-state index contributed by atoms with van der Waals surface area (Å²) in [5.74, 6) is -0.483. The molecule has 20 heavy (non-hydrogen) atoms. The van der Waals surface area contributed by atoms with Crippen molar-refractivity contribution in [3.05, 3.63) is 52.0 Å². The van der Waals surface area contributed by atoms with Gasteiger partial charge in [0, 0.05) is 11.8 Å². The van der Waals surface area contributed by atoms with E-state index in [0.717, 1.165) is 16.9 Å². The van der Waals surface area contributed by atoms with E-state index in [-0.39, 0.29) is 0 Å². The molecule has 3 aromatic rings. The van der Waals surface area contributed by atoms with Gasteiger partial charge in [-0.1, -0.05) is 12.1 Å². The second kappa shape index (κ2) is 4.45. The zero-order chi connectivity index (χ0) is 14.3. The summed E-state index contributed by atoms with van der Waals surface area (Å²) in [6, 6.07) is 9.45. The first-order valence-corrected chi connectivity index (χ1v) is 6.30. The van der Waals surface area contributed by atoms with Crippen LogP contribution in [0.3, 0.4) is 0 Å². The highest BCUT2D eigenvalue weighted by Gasteiger charge is 2.08. The van der Waals surface area contributed by atoms with Crippen molar-refractivity contribution in [2.45, 2.75) is 13.8 Å². The molecule has 0 unspecified atom stereocenters. The number of aryl methyl sites for hydroxylation is 1. The minimum absolute atomic E-state index is 0.457. The Morgan fingerprint density at radius 2 is 2.00 bits per heavy atom. The molecule has 5 heteroatoms. The number of aromatic amines is 1. The van der Waals surface area contributed by atoms with Crippen molar-refractivity contribution in [3.8, 4) is 0 Å². The highest BCUT2D eigenvalue weighted by atomic mass is 16.4. The van der Waals surface area contributed by atoms with Gasteiger partial charge in [0.05, 0.1) is 16.9 Å². The maximum absolute atomic E-state index is 11.2. The molecule has 0 saturated carbocycles. The maximum atomic E-state index is 11.2. The largest absolute Gasteiger partial charge is 0.417 e. The molecule has 3 rings (SSSR count). The van der Waals surface area contributed by atoms with Crippen LogP contribution in [0.25, 0.3) is 11.1 Å². The smallest absolute Gasteiger partial charge is 0.408 e. The second-order valence-electron chi connectivity index (χ2n) is 4.82. The molecule has 0 radical (unpaired) electrons. The Morgan fingerprint density at radius 3 is 2.80 bits per heavy atom. The fourth-order valence-electron chi connectivity index (χ4n) is 2.15. The summed E-state index contributed by atoms with van der Waals surface area (Å²) in [6.07, 6.45) is 0. The molecular formula is C15H15N3O2. The van der Waals surface area contributed by atoms with Gasteiger partial charge >= 0.3 is 5.76 Å². The number of nitrogen functional groups attached to an aromatic ring is 1. The summed E-state index contributed by atoms with van der Waals surface area (Å²) in [7, 11) is 0. The molecule has 1 aromatic heterocycles. The fourth-order valence-corrected chi connectivity index (χ4v) is 2.15. The lowest BCUT2D eigenvalue weighted by atomic mass is 10.1. The number of fused-ring (bicyclic) bond motifs is 1. The number of hydrogen-bond acceptors (Lipinski definition) is 4. The van der Waals surface area contributed by atoms with Gasteiger partial charge in [0.2, 0.25) is 0 Å². The zero-order valence-electron chi connectivity index (χ0n) is 11.3. The number of nitrogens with one attached hydrogen (secondary N) is 2. The summed E-state index contributed by atoms with van der Waals surface area (Å²) < 4.78 is 4.98. The Balaban J connectivity index is 2.08. The molecule has 0 bridgehead atoms. The summed E-state index contributed by atoms with van der Waals surface area (Å²) in [5.41, 5.74) is 11.7. The van der Waals surface area contributed by atoms with E-state index in [9.17, 15) is 4.79 Å². The van der Waals surface area contributed by atoms with Crippen LogP contribution in [0, 0.1) is 13.8 Å². The molecule has 4 N–H and O–H groups in total. The van der Waals surface area contributed by atoms with E-state index in [1.165, 1.54) is 5.56 Å². The number of nitrogens with two attached hydrogens (primary N) is 1. The minimum atomic E-state index is -0.483. The Hall–Kier alpha value is -2.69. The number of H-pyrrole nitrogens is 1. The van der Waals surface area contributed by atoms with Crippen molar-refractivity contribution in [1.82, 2.24) is 4.98 Å². The Labute approximate surface area is 115 Å². The van der Waals surface area contributed by atoms with E-state index in [2.05, 4.69) is 23.3 Å². The van der Waals surface area contributed by atoms with Crippen LogP contribution < -0.4 is 16.8 Å². The van der Waals surface area contributed by atoms with Crippen LogP contribution in [0.5, 0.6) is 0 Å². The predicted octanol–water partition coefficient (Wildman–Crippen LogP) is 3.06. The van der Waals surface area contributed by atoms with E-state index in [0.29, 0.717) is 16.8 Å². The van der Waals surface area contributed by atoms with Crippen LogP contribution in [0.4, 0.5) is 17.1 Å². The highest BCUT2D eigenvalue weighted by Crippen LogP contribution is 2.29. The lowest BCUT2D eigenvalue weighted by molar-refractivity contribution is 0.555. The lowest BCUT2D eigenvalue weighted by Crippen LogP contribution is -1.99. The lowest BCUT2D eigenvalue weighted by Gasteiger charge is -2.13. The van der Waals surface area contributed by atoms with Gasteiger partial charge in [-0.3, -0.25) is 4.98 Å². The van der Waals surface area contributed by atoms with Crippen LogP contribution in [0.15, 0.2) is 39.5 Å². The van der Waals surface area contributed by atoms with Gasteiger partial charge in [0.1, 0.15) is 0 Å². The van der Waals surface area contributed by atoms with Crippen LogP contribution in [0.1, 0.15) is 11.1 Å². The zero-order valence-corrected chi connectivity index (χ0v) is 11.3. The molecule has 102 valence electrons. The standard InChI is InChI=1S/C15H15N3O2/c1-8-4-3-5-11(9(8)2)17-12-7-13-14(6-10(12)16)20-15(19)18-13/h3-7,17H,16H2,1-2H3,(H,18,19).